The van der Waals surface area contributed by atoms with Crippen LogP contribution in [0.4, 0.5) is 13.2 Å². The maximum atomic E-state index is 11.9. The van der Waals surface area contributed by atoms with Crippen LogP contribution >= 0.6 is 15.9 Å². The van der Waals surface area contributed by atoms with E-state index in [-0.39, 0.29) is 5.92 Å². The molecule has 0 amide bonds. The van der Waals surface area contributed by atoms with Gasteiger partial charge in [-0.05, 0) is 18.8 Å². The van der Waals surface area contributed by atoms with Crippen molar-refractivity contribution in [2.75, 3.05) is 5.33 Å². The van der Waals surface area contributed by atoms with Gasteiger partial charge in [0.15, 0.2) is 0 Å². The van der Waals surface area contributed by atoms with Crippen LogP contribution in [0.25, 0.3) is 0 Å². The summed E-state index contributed by atoms with van der Waals surface area (Å²) in [4.78, 5) is 0. The average Bonchev–Trinajstić information content (AvgIpc) is 1.57. The Bertz CT molecular complexity index is 119. The molecule has 1 aliphatic carbocycles. The standard InChI is InChI=1S/C6H8BrF3/c7-3-4-1-2-5(4)6(8,9)10/h4-5H,1-3H2/t4-,5+/m1/s1. The maximum absolute atomic E-state index is 11.9. The molecule has 10 heavy (non-hydrogen) atoms. The predicted molar refractivity (Wildman–Crippen MR) is 36.1 cm³/mol. The highest BCUT2D eigenvalue weighted by Crippen LogP contribution is 2.46. The summed E-state index contributed by atoms with van der Waals surface area (Å²) in [5, 5.41) is 0.483. The molecule has 0 unspecified atom stereocenters. The molecule has 60 valence electrons. The average molecular weight is 217 g/mol. The monoisotopic (exact) mass is 216 g/mol. The minimum Gasteiger partial charge on any atom is -0.171 e. The van der Waals surface area contributed by atoms with Gasteiger partial charge in [-0.3, -0.25) is 0 Å². The van der Waals surface area contributed by atoms with Crippen LogP contribution in [0.1, 0.15) is 12.8 Å². The molecule has 0 aromatic carbocycles. The van der Waals surface area contributed by atoms with Gasteiger partial charge >= 0.3 is 6.18 Å². The van der Waals surface area contributed by atoms with Crippen molar-refractivity contribution in [2.45, 2.75) is 19.0 Å². The maximum Gasteiger partial charge on any atom is 0.392 e. The Labute approximate surface area is 65.9 Å². The van der Waals surface area contributed by atoms with E-state index >= 15 is 0 Å². The molecule has 0 radical (unpaired) electrons. The summed E-state index contributed by atoms with van der Waals surface area (Å²) in [5.74, 6) is -1.20. The molecule has 0 N–H and O–H groups in total. The Hall–Kier alpha value is 0.270. The number of alkyl halides is 4. The molecule has 4 heteroatoms. The van der Waals surface area contributed by atoms with Crippen LogP contribution < -0.4 is 0 Å². The van der Waals surface area contributed by atoms with Crippen molar-refractivity contribution in [1.82, 2.24) is 0 Å². The predicted octanol–water partition coefficient (Wildman–Crippen LogP) is 2.97. The van der Waals surface area contributed by atoms with Gasteiger partial charge in [0.1, 0.15) is 0 Å². The highest BCUT2D eigenvalue weighted by Gasteiger charge is 2.48. The molecular weight excluding hydrogens is 209 g/mol. The zero-order valence-electron chi connectivity index (χ0n) is 5.29. The van der Waals surface area contributed by atoms with Crippen molar-refractivity contribution in [1.29, 1.82) is 0 Å². The van der Waals surface area contributed by atoms with Gasteiger partial charge < -0.3 is 0 Å². The fraction of sp³-hybridized carbons (Fsp3) is 1.00. The van der Waals surface area contributed by atoms with Crippen LogP contribution in [0.2, 0.25) is 0 Å². The molecular formula is C6H8BrF3. The zero-order valence-corrected chi connectivity index (χ0v) is 6.87. The van der Waals surface area contributed by atoms with Gasteiger partial charge in [0.05, 0.1) is 5.92 Å². The Balaban J connectivity index is 2.43. The van der Waals surface area contributed by atoms with E-state index in [0.29, 0.717) is 11.8 Å². The zero-order chi connectivity index (χ0) is 7.78. The minimum atomic E-state index is -3.96. The molecule has 0 nitrogen and oxygen atoms in total. The second-order valence-corrected chi connectivity index (χ2v) is 3.29. The van der Waals surface area contributed by atoms with Crippen LogP contribution in [-0.4, -0.2) is 11.5 Å². The number of hydrogen-bond acceptors (Lipinski definition) is 0. The summed E-state index contributed by atoms with van der Waals surface area (Å²) in [6, 6.07) is 0. The molecule has 0 aromatic rings. The lowest BCUT2D eigenvalue weighted by atomic mass is 9.74. The van der Waals surface area contributed by atoms with Gasteiger partial charge in [0, 0.05) is 5.33 Å². The topological polar surface area (TPSA) is 0 Å². The Morgan fingerprint density at radius 3 is 2.00 bits per heavy atom. The summed E-state index contributed by atoms with van der Waals surface area (Å²) < 4.78 is 35.8. The first-order chi connectivity index (χ1) is 4.55. The summed E-state index contributed by atoms with van der Waals surface area (Å²) in [7, 11) is 0. The van der Waals surface area contributed by atoms with E-state index in [1.54, 1.807) is 0 Å². The largest absolute Gasteiger partial charge is 0.392 e. The lowest BCUT2D eigenvalue weighted by molar-refractivity contribution is -0.209. The normalized spacial score (nSPS) is 33.6. The van der Waals surface area contributed by atoms with E-state index in [4.69, 9.17) is 0 Å². The molecule has 0 bridgehead atoms. The van der Waals surface area contributed by atoms with Crippen LogP contribution in [-0.2, 0) is 0 Å². The third-order valence-electron chi connectivity index (χ3n) is 2.04. The Kier molecular flexibility index (Phi) is 2.28. The fourth-order valence-corrected chi connectivity index (χ4v) is 1.96. The molecule has 1 rings (SSSR count). The van der Waals surface area contributed by atoms with E-state index in [2.05, 4.69) is 15.9 Å². The minimum absolute atomic E-state index is 0.167. The molecule has 1 saturated carbocycles. The van der Waals surface area contributed by atoms with Gasteiger partial charge in [-0.15, -0.1) is 0 Å². The first kappa shape index (κ1) is 8.37. The SMILES string of the molecule is FC(F)(F)[C@H]1CC[C@@H]1CBr. The smallest absolute Gasteiger partial charge is 0.171 e. The second kappa shape index (κ2) is 2.72. The number of hydrogen-bond donors (Lipinski definition) is 0. The molecule has 0 aromatic heterocycles. The first-order valence-electron chi connectivity index (χ1n) is 3.18. The first-order valence-corrected chi connectivity index (χ1v) is 4.30. The number of rotatable bonds is 1. The molecule has 1 aliphatic rings. The van der Waals surface area contributed by atoms with E-state index in [1.165, 1.54) is 0 Å². The summed E-state index contributed by atoms with van der Waals surface area (Å²) in [6.45, 7) is 0. The van der Waals surface area contributed by atoms with E-state index in [9.17, 15) is 13.2 Å². The Morgan fingerprint density at radius 2 is 1.90 bits per heavy atom. The summed E-state index contributed by atoms with van der Waals surface area (Å²) in [5.41, 5.74) is 0. The second-order valence-electron chi connectivity index (χ2n) is 2.64. The van der Waals surface area contributed by atoms with Gasteiger partial charge in [-0.2, -0.15) is 13.2 Å². The van der Waals surface area contributed by atoms with Crippen LogP contribution in [0, 0.1) is 11.8 Å². The van der Waals surface area contributed by atoms with Gasteiger partial charge in [0.25, 0.3) is 0 Å². The van der Waals surface area contributed by atoms with Crippen LogP contribution in [0.5, 0.6) is 0 Å². The van der Waals surface area contributed by atoms with Crippen LogP contribution in [0.3, 0.4) is 0 Å². The molecule has 2 atom stereocenters. The van der Waals surface area contributed by atoms with E-state index in [1.807, 2.05) is 0 Å². The quantitative estimate of drug-likeness (QED) is 0.592. The van der Waals surface area contributed by atoms with E-state index in [0.717, 1.165) is 6.42 Å². The van der Waals surface area contributed by atoms with Crippen molar-refractivity contribution in [2.24, 2.45) is 11.8 Å². The molecule has 0 saturated heterocycles. The highest BCUT2D eigenvalue weighted by molar-refractivity contribution is 9.09. The van der Waals surface area contributed by atoms with Crippen molar-refractivity contribution >= 4 is 15.9 Å². The highest BCUT2D eigenvalue weighted by atomic mass is 79.9. The summed E-state index contributed by atoms with van der Waals surface area (Å²) in [6.07, 6.45) is -2.92. The number of halogens is 4. The Morgan fingerprint density at radius 1 is 1.30 bits per heavy atom. The van der Waals surface area contributed by atoms with Crippen LogP contribution in [0.15, 0.2) is 0 Å². The summed E-state index contributed by atoms with van der Waals surface area (Å²) >= 11 is 3.06. The molecule has 0 aliphatic heterocycles. The van der Waals surface area contributed by atoms with Crippen molar-refractivity contribution in [3.8, 4) is 0 Å². The van der Waals surface area contributed by atoms with Crippen molar-refractivity contribution < 1.29 is 13.2 Å². The molecule has 0 spiro atoms. The third kappa shape index (κ3) is 1.47. The van der Waals surface area contributed by atoms with Gasteiger partial charge in [-0.1, -0.05) is 15.9 Å². The lowest BCUT2D eigenvalue weighted by Crippen LogP contribution is -2.38. The lowest BCUT2D eigenvalue weighted by Gasteiger charge is -2.36. The fourth-order valence-electron chi connectivity index (χ4n) is 1.18. The molecule has 1 fully saturated rings. The van der Waals surface area contributed by atoms with Gasteiger partial charge in [-0.25, -0.2) is 0 Å². The van der Waals surface area contributed by atoms with Crippen molar-refractivity contribution in [3.63, 3.8) is 0 Å². The van der Waals surface area contributed by atoms with Gasteiger partial charge in [0.2, 0.25) is 0 Å². The third-order valence-corrected chi connectivity index (χ3v) is 2.87. The van der Waals surface area contributed by atoms with E-state index < -0.39 is 12.1 Å². The molecule has 0 heterocycles. The van der Waals surface area contributed by atoms with Crippen molar-refractivity contribution in [3.05, 3.63) is 0 Å².